The number of rotatable bonds is 4. The summed E-state index contributed by atoms with van der Waals surface area (Å²) in [7, 11) is 0. The van der Waals surface area contributed by atoms with Gasteiger partial charge in [0.05, 0.1) is 16.9 Å². The molecule has 1 aliphatic heterocycles. The Bertz CT molecular complexity index is 647. The van der Waals surface area contributed by atoms with Crippen molar-refractivity contribution in [2.45, 2.75) is 55.6 Å². The SMILES string of the molecule is O=C(O)C1CC2(CC(NC(=O)C3(c4ccccc4)CC3)CCO2)C1. The maximum Gasteiger partial charge on any atom is 0.306 e. The fourth-order valence-corrected chi connectivity index (χ4v) is 4.30. The highest BCUT2D eigenvalue weighted by atomic mass is 16.5. The molecule has 1 aromatic carbocycles. The van der Waals surface area contributed by atoms with Crippen molar-refractivity contribution >= 4 is 11.9 Å². The van der Waals surface area contributed by atoms with Crippen LogP contribution in [0.4, 0.5) is 0 Å². The maximum absolute atomic E-state index is 12.8. The van der Waals surface area contributed by atoms with E-state index in [4.69, 9.17) is 9.84 Å². The first-order chi connectivity index (χ1) is 11.5. The van der Waals surface area contributed by atoms with Gasteiger partial charge in [-0.25, -0.2) is 0 Å². The number of carbonyl (C=O) groups excluding carboxylic acids is 1. The van der Waals surface area contributed by atoms with Gasteiger partial charge in [0.2, 0.25) is 5.91 Å². The fourth-order valence-electron chi connectivity index (χ4n) is 4.30. The van der Waals surface area contributed by atoms with Gasteiger partial charge in [-0.05, 0) is 44.1 Å². The Balaban J connectivity index is 1.39. The van der Waals surface area contributed by atoms with Crippen molar-refractivity contribution in [3.8, 4) is 0 Å². The third-order valence-electron chi connectivity index (χ3n) is 5.93. The summed E-state index contributed by atoms with van der Waals surface area (Å²) in [6.07, 6.45) is 4.47. The van der Waals surface area contributed by atoms with E-state index >= 15 is 0 Å². The third kappa shape index (κ3) is 2.61. The van der Waals surface area contributed by atoms with E-state index < -0.39 is 5.97 Å². The normalized spacial score (nSPS) is 33.5. The molecule has 4 rings (SSSR count). The molecule has 0 bridgehead atoms. The van der Waals surface area contributed by atoms with Crippen LogP contribution in [0.3, 0.4) is 0 Å². The molecule has 3 fully saturated rings. The second-order valence-electron chi connectivity index (χ2n) is 7.59. The highest BCUT2D eigenvalue weighted by molar-refractivity contribution is 5.91. The molecule has 0 radical (unpaired) electrons. The lowest BCUT2D eigenvalue weighted by molar-refractivity contribution is -0.182. The molecule has 128 valence electrons. The molecule has 1 unspecified atom stereocenters. The number of ether oxygens (including phenoxy) is 1. The van der Waals surface area contributed by atoms with Crippen LogP contribution in [0.15, 0.2) is 30.3 Å². The van der Waals surface area contributed by atoms with E-state index in [0.717, 1.165) is 31.2 Å². The minimum atomic E-state index is -0.739. The summed E-state index contributed by atoms with van der Waals surface area (Å²) >= 11 is 0. The molecule has 1 spiro atoms. The van der Waals surface area contributed by atoms with Crippen LogP contribution in [0.5, 0.6) is 0 Å². The number of hydrogen-bond acceptors (Lipinski definition) is 3. The van der Waals surface area contributed by atoms with E-state index in [0.29, 0.717) is 19.4 Å². The summed E-state index contributed by atoms with van der Waals surface area (Å²) in [5.41, 5.74) is 0.414. The molecular formula is C19H23NO4. The molecule has 1 saturated heterocycles. The zero-order valence-electron chi connectivity index (χ0n) is 13.7. The maximum atomic E-state index is 12.8. The van der Waals surface area contributed by atoms with E-state index in [-0.39, 0.29) is 28.9 Å². The van der Waals surface area contributed by atoms with Gasteiger partial charge in [-0.3, -0.25) is 9.59 Å². The lowest BCUT2D eigenvalue weighted by Crippen LogP contribution is -2.57. The summed E-state index contributed by atoms with van der Waals surface area (Å²) in [5, 5.41) is 12.3. The fraction of sp³-hybridized carbons (Fsp3) is 0.579. The molecule has 5 nitrogen and oxygen atoms in total. The quantitative estimate of drug-likeness (QED) is 0.888. The number of carboxylic acid groups (broad SMARTS) is 1. The van der Waals surface area contributed by atoms with Crippen LogP contribution in [-0.4, -0.2) is 35.2 Å². The number of hydrogen-bond donors (Lipinski definition) is 2. The molecule has 1 aromatic rings. The molecule has 2 aliphatic carbocycles. The van der Waals surface area contributed by atoms with Crippen LogP contribution >= 0.6 is 0 Å². The van der Waals surface area contributed by atoms with Gasteiger partial charge in [-0.2, -0.15) is 0 Å². The molecule has 3 aliphatic rings. The van der Waals surface area contributed by atoms with Crippen molar-refractivity contribution < 1.29 is 19.4 Å². The predicted octanol–water partition coefficient (Wildman–Crippen LogP) is 2.25. The zero-order valence-corrected chi connectivity index (χ0v) is 13.7. The number of benzene rings is 1. The smallest absolute Gasteiger partial charge is 0.306 e. The van der Waals surface area contributed by atoms with Crippen molar-refractivity contribution in [2.24, 2.45) is 5.92 Å². The van der Waals surface area contributed by atoms with E-state index in [2.05, 4.69) is 5.32 Å². The van der Waals surface area contributed by atoms with Gasteiger partial charge >= 0.3 is 5.97 Å². The Morgan fingerprint density at radius 1 is 1.12 bits per heavy atom. The van der Waals surface area contributed by atoms with Crippen LogP contribution in [-0.2, 0) is 19.7 Å². The highest BCUT2D eigenvalue weighted by Gasteiger charge is 2.54. The van der Waals surface area contributed by atoms with Crippen LogP contribution in [0.25, 0.3) is 0 Å². The van der Waals surface area contributed by atoms with E-state index in [1.807, 2.05) is 30.3 Å². The molecule has 2 saturated carbocycles. The topological polar surface area (TPSA) is 75.6 Å². The summed E-state index contributed by atoms with van der Waals surface area (Å²) in [5.74, 6) is -0.917. The van der Waals surface area contributed by atoms with E-state index in [1.54, 1.807) is 0 Å². The van der Waals surface area contributed by atoms with Gasteiger partial charge < -0.3 is 15.2 Å². The molecule has 1 atom stereocenters. The number of aliphatic carboxylic acids is 1. The third-order valence-corrected chi connectivity index (χ3v) is 5.93. The second kappa shape index (κ2) is 5.59. The number of nitrogens with one attached hydrogen (secondary N) is 1. The van der Waals surface area contributed by atoms with Crippen molar-refractivity contribution in [1.82, 2.24) is 5.32 Å². The van der Waals surface area contributed by atoms with Gasteiger partial charge in [0, 0.05) is 12.6 Å². The standard InChI is InChI=1S/C19H23NO4/c21-16(22)13-10-18(11-13)12-15(6-9-24-18)20-17(23)19(7-8-19)14-4-2-1-3-5-14/h1-5,13,15H,6-12H2,(H,20,23)(H,21,22). The van der Waals surface area contributed by atoms with Gasteiger partial charge in [0.1, 0.15) is 0 Å². The zero-order chi connectivity index (χ0) is 16.8. The molecule has 1 heterocycles. The summed E-state index contributed by atoms with van der Waals surface area (Å²) in [6, 6.07) is 10.1. The minimum Gasteiger partial charge on any atom is -0.481 e. The Labute approximate surface area is 141 Å². The highest BCUT2D eigenvalue weighted by Crippen LogP contribution is 2.49. The average molecular weight is 329 g/mol. The molecular weight excluding hydrogens is 306 g/mol. The first kappa shape index (κ1) is 15.6. The van der Waals surface area contributed by atoms with Crippen molar-refractivity contribution in [2.75, 3.05) is 6.61 Å². The van der Waals surface area contributed by atoms with Gasteiger partial charge in [-0.15, -0.1) is 0 Å². The molecule has 2 N–H and O–H groups in total. The molecule has 5 heteroatoms. The summed E-state index contributed by atoms with van der Waals surface area (Å²) in [4.78, 5) is 23.9. The Morgan fingerprint density at radius 2 is 1.83 bits per heavy atom. The monoisotopic (exact) mass is 329 g/mol. The van der Waals surface area contributed by atoms with Crippen molar-refractivity contribution in [3.63, 3.8) is 0 Å². The lowest BCUT2D eigenvalue weighted by Gasteiger charge is -2.50. The molecule has 1 amide bonds. The minimum absolute atomic E-state index is 0.0854. The summed E-state index contributed by atoms with van der Waals surface area (Å²) < 4.78 is 5.86. The largest absolute Gasteiger partial charge is 0.481 e. The Morgan fingerprint density at radius 3 is 2.46 bits per heavy atom. The Hall–Kier alpha value is -1.88. The average Bonchev–Trinajstić information content (AvgIpc) is 3.35. The van der Waals surface area contributed by atoms with Crippen molar-refractivity contribution in [1.29, 1.82) is 0 Å². The van der Waals surface area contributed by atoms with Gasteiger partial charge in [-0.1, -0.05) is 30.3 Å². The van der Waals surface area contributed by atoms with Crippen LogP contribution in [0.2, 0.25) is 0 Å². The second-order valence-corrected chi connectivity index (χ2v) is 7.59. The predicted molar refractivity (Wildman–Crippen MR) is 87.6 cm³/mol. The van der Waals surface area contributed by atoms with Gasteiger partial charge in [0.25, 0.3) is 0 Å². The lowest BCUT2D eigenvalue weighted by atomic mass is 9.66. The number of amides is 1. The number of carboxylic acids is 1. The van der Waals surface area contributed by atoms with Gasteiger partial charge in [0.15, 0.2) is 0 Å². The molecule has 24 heavy (non-hydrogen) atoms. The van der Waals surface area contributed by atoms with Crippen LogP contribution in [0.1, 0.15) is 44.1 Å². The number of carbonyl (C=O) groups is 2. The molecule has 0 aromatic heterocycles. The van der Waals surface area contributed by atoms with Crippen LogP contribution < -0.4 is 5.32 Å². The van der Waals surface area contributed by atoms with Crippen LogP contribution in [0, 0.1) is 5.92 Å². The van der Waals surface area contributed by atoms with E-state index in [9.17, 15) is 9.59 Å². The first-order valence-electron chi connectivity index (χ1n) is 8.76. The summed E-state index contributed by atoms with van der Waals surface area (Å²) in [6.45, 7) is 0.593. The van der Waals surface area contributed by atoms with E-state index in [1.165, 1.54) is 0 Å². The Kier molecular flexibility index (Phi) is 3.64. The first-order valence-corrected chi connectivity index (χ1v) is 8.76. The van der Waals surface area contributed by atoms with Crippen molar-refractivity contribution in [3.05, 3.63) is 35.9 Å².